The smallest absolute Gasteiger partial charge is 0.249 e. The summed E-state index contributed by atoms with van der Waals surface area (Å²) in [4.78, 5) is 11.0. The molecule has 1 aromatic rings. The van der Waals surface area contributed by atoms with Gasteiger partial charge in [0, 0.05) is 11.1 Å². The molecule has 1 aromatic carbocycles. The molecule has 3 nitrogen and oxygen atoms in total. The Morgan fingerprint density at radius 3 is 2.79 bits per heavy atom. The summed E-state index contributed by atoms with van der Waals surface area (Å²) in [5.41, 5.74) is 6.54. The molecule has 0 aromatic heterocycles. The third-order valence-electron chi connectivity index (χ3n) is 1.97. The number of halogens is 1. The van der Waals surface area contributed by atoms with Crippen molar-refractivity contribution < 1.29 is 9.53 Å². The van der Waals surface area contributed by atoms with Crippen molar-refractivity contribution in [1.29, 1.82) is 0 Å². The van der Waals surface area contributed by atoms with Gasteiger partial charge < -0.3 is 10.5 Å². The minimum Gasteiger partial charge on any atom is -0.489 e. The molecular weight excluding hydrogens is 202 g/mol. The van der Waals surface area contributed by atoms with Gasteiger partial charge >= 0.3 is 0 Å². The number of fused-ring (bicyclic) bond motifs is 1. The zero-order chi connectivity index (χ0) is 9.26. The van der Waals surface area contributed by atoms with Crippen LogP contribution in [0.2, 0.25) is 0 Å². The molecule has 0 unspecified atom stereocenters. The first-order chi connectivity index (χ1) is 6.29. The van der Waals surface area contributed by atoms with Crippen molar-refractivity contribution in [3.63, 3.8) is 0 Å². The van der Waals surface area contributed by atoms with Crippen LogP contribution in [-0.4, -0.2) is 12.5 Å². The fourth-order valence-corrected chi connectivity index (χ4v) is 1.37. The number of nitrogens with two attached hydrogens (primary N) is 1. The molecule has 1 aliphatic heterocycles. The maximum atomic E-state index is 11.0. The number of hydrogen-bond donors (Lipinski definition) is 1. The van der Waals surface area contributed by atoms with E-state index in [1.165, 1.54) is 0 Å². The summed E-state index contributed by atoms with van der Waals surface area (Å²) in [6.45, 7) is 0.412. The van der Waals surface area contributed by atoms with E-state index in [1.807, 2.05) is 24.3 Å². The third-order valence-corrected chi connectivity index (χ3v) is 1.97. The van der Waals surface area contributed by atoms with Gasteiger partial charge in [0.25, 0.3) is 0 Å². The summed E-state index contributed by atoms with van der Waals surface area (Å²) in [6, 6.07) is 7.36. The summed E-state index contributed by atoms with van der Waals surface area (Å²) in [5, 5.41) is 0. The highest BCUT2D eigenvalue weighted by molar-refractivity contribution is 6.19. The van der Waals surface area contributed by atoms with E-state index >= 15 is 0 Å². The van der Waals surface area contributed by atoms with Crippen LogP contribution in [0.5, 0.6) is 5.75 Å². The van der Waals surface area contributed by atoms with E-state index in [4.69, 9.17) is 10.5 Å². The van der Waals surface area contributed by atoms with Gasteiger partial charge in [-0.25, -0.2) is 0 Å². The van der Waals surface area contributed by atoms with Gasteiger partial charge in [0.05, 0.1) is 0 Å². The molecule has 0 fully saturated rings. The number of para-hydroxylation sites is 1. The van der Waals surface area contributed by atoms with Gasteiger partial charge in [0.2, 0.25) is 5.91 Å². The van der Waals surface area contributed by atoms with Gasteiger partial charge in [-0.3, -0.25) is 4.79 Å². The summed E-state index contributed by atoms with van der Waals surface area (Å²) in [6.07, 6.45) is 1.70. The molecule has 0 saturated carbocycles. The summed E-state index contributed by atoms with van der Waals surface area (Å²) < 4.78 is 5.32. The van der Waals surface area contributed by atoms with Crippen LogP contribution < -0.4 is 10.5 Å². The molecule has 2 rings (SSSR count). The van der Waals surface area contributed by atoms with Crippen molar-refractivity contribution in [1.82, 2.24) is 0 Å². The molecule has 1 amide bonds. The molecule has 74 valence electrons. The second-order valence-corrected chi connectivity index (χ2v) is 2.79. The van der Waals surface area contributed by atoms with Crippen LogP contribution in [0.1, 0.15) is 5.56 Å². The second kappa shape index (κ2) is 4.15. The first-order valence-corrected chi connectivity index (χ1v) is 4.01. The molecule has 0 aliphatic carbocycles. The van der Waals surface area contributed by atoms with Crippen molar-refractivity contribution in [2.24, 2.45) is 5.73 Å². The Labute approximate surface area is 88.0 Å². The van der Waals surface area contributed by atoms with Crippen LogP contribution in [-0.2, 0) is 4.79 Å². The number of benzene rings is 1. The normalized spacial score (nSPS) is 13.0. The number of carbonyl (C=O) groups excluding carboxylic acids is 1. The van der Waals surface area contributed by atoms with Crippen molar-refractivity contribution in [2.45, 2.75) is 0 Å². The summed E-state index contributed by atoms with van der Waals surface area (Å²) >= 11 is 0. The molecule has 1 heterocycles. The molecule has 0 bridgehead atoms. The molecule has 0 radical (unpaired) electrons. The number of hydrogen-bond acceptors (Lipinski definition) is 2. The monoisotopic (exact) mass is 211 g/mol. The summed E-state index contributed by atoms with van der Waals surface area (Å²) in [5.74, 6) is 0.314. The van der Waals surface area contributed by atoms with Gasteiger partial charge in [-0.1, -0.05) is 18.2 Å². The average molecular weight is 212 g/mol. The van der Waals surface area contributed by atoms with Crippen LogP contribution in [0.15, 0.2) is 30.3 Å². The van der Waals surface area contributed by atoms with Crippen LogP contribution in [0.25, 0.3) is 5.57 Å². The van der Waals surface area contributed by atoms with E-state index in [2.05, 4.69) is 0 Å². The van der Waals surface area contributed by atoms with E-state index in [1.54, 1.807) is 6.08 Å². The van der Waals surface area contributed by atoms with E-state index in [0.29, 0.717) is 12.2 Å². The van der Waals surface area contributed by atoms with Gasteiger partial charge in [0.1, 0.15) is 12.4 Å². The molecule has 4 heteroatoms. The Bertz CT molecular complexity index is 387. The van der Waals surface area contributed by atoms with E-state index < -0.39 is 5.91 Å². The number of primary amides is 1. The maximum absolute atomic E-state index is 11.0. The van der Waals surface area contributed by atoms with Crippen LogP contribution in [0, 0.1) is 0 Å². The Kier molecular flexibility index (Phi) is 3.14. The minimum atomic E-state index is -0.407. The fraction of sp³-hybridized carbons (Fsp3) is 0.100. The SMILES string of the molecule is Cl.NC(=O)C1=CCOc2ccccc21. The first-order valence-electron chi connectivity index (χ1n) is 4.01. The Morgan fingerprint density at radius 2 is 2.07 bits per heavy atom. The molecule has 1 aliphatic rings. The molecule has 14 heavy (non-hydrogen) atoms. The second-order valence-electron chi connectivity index (χ2n) is 2.79. The van der Waals surface area contributed by atoms with E-state index in [0.717, 1.165) is 11.3 Å². The number of amides is 1. The molecular formula is C10H10ClNO2. The van der Waals surface area contributed by atoms with Gasteiger partial charge in [0.15, 0.2) is 0 Å². The van der Waals surface area contributed by atoms with Crippen molar-refractivity contribution >= 4 is 23.9 Å². The van der Waals surface area contributed by atoms with Crippen LogP contribution in [0.3, 0.4) is 0 Å². The number of ether oxygens (including phenoxy) is 1. The molecule has 0 saturated heterocycles. The van der Waals surface area contributed by atoms with Crippen molar-refractivity contribution in [2.75, 3.05) is 6.61 Å². The Balaban J connectivity index is 0.000000980. The molecule has 0 atom stereocenters. The number of rotatable bonds is 1. The lowest BCUT2D eigenvalue weighted by atomic mass is 10.0. The molecule has 2 N–H and O–H groups in total. The fourth-order valence-electron chi connectivity index (χ4n) is 1.37. The first kappa shape index (κ1) is 10.6. The summed E-state index contributed by atoms with van der Waals surface area (Å²) in [7, 11) is 0. The van der Waals surface area contributed by atoms with Crippen molar-refractivity contribution in [3.8, 4) is 5.75 Å². The van der Waals surface area contributed by atoms with Gasteiger partial charge in [-0.05, 0) is 12.1 Å². The van der Waals surface area contributed by atoms with Crippen molar-refractivity contribution in [3.05, 3.63) is 35.9 Å². The third kappa shape index (κ3) is 1.72. The van der Waals surface area contributed by atoms with Gasteiger partial charge in [-0.15, -0.1) is 12.4 Å². The number of carbonyl (C=O) groups is 1. The van der Waals surface area contributed by atoms with Gasteiger partial charge in [-0.2, -0.15) is 0 Å². The minimum absolute atomic E-state index is 0. The average Bonchev–Trinajstić information content (AvgIpc) is 2.17. The zero-order valence-corrected chi connectivity index (χ0v) is 8.21. The van der Waals surface area contributed by atoms with Crippen LogP contribution in [0.4, 0.5) is 0 Å². The predicted molar refractivity (Wildman–Crippen MR) is 56.4 cm³/mol. The highest BCUT2D eigenvalue weighted by Gasteiger charge is 2.16. The Morgan fingerprint density at radius 1 is 1.36 bits per heavy atom. The molecule has 0 spiro atoms. The highest BCUT2D eigenvalue weighted by Crippen LogP contribution is 2.28. The largest absolute Gasteiger partial charge is 0.489 e. The van der Waals surface area contributed by atoms with E-state index in [9.17, 15) is 4.79 Å². The quantitative estimate of drug-likeness (QED) is 0.763. The topological polar surface area (TPSA) is 52.3 Å². The standard InChI is InChI=1S/C10H9NO2.ClH/c11-10(12)8-5-6-13-9-4-2-1-3-7(8)9;/h1-5H,6H2,(H2,11,12);1H. The lowest BCUT2D eigenvalue weighted by Gasteiger charge is -2.15. The maximum Gasteiger partial charge on any atom is 0.249 e. The predicted octanol–water partition coefficient (Wildman–Crippen LogP) is 1.37. The van der Waals surface area contributed by atoms with Crippen LogP contribution >= 0.6 is 12.4 Å². The Hall–Kier alpha value is -1.48. The zero-order valence-electron chi connectivity index (χ0n) is 7.40. The van der Waals surface area contributed by atoms with E-state index in [-0.39, 0.29) is 12.4 Å². The lowest BCUT2D eigenvalue weighted by molar-refractivity contribution is -0.112. The lowest BCUT2D eigenvalue weighted by Crippen LogP contribution is -2.17. The highest BCUT2D eigenvalue weighted by atomic mass is 35.5.